The highest BCUT2D eigenvalue weighted by Crippen LogP contribution is 2.27. The number of anilines is 1. The van der Waals surface area contributed by atoms with Crippen LogP contribution in [0, 0.1) is 0 Å². The maximum absolute atomic E-state index is 13.1. The first-order valence-corrected chi connectivity index (χ1v) is 11.7. The fourth-order valence-electron chi connectivity index (χ4n) is 4.37. The molecule has 1 aliphatic rings. The summed E-state index contributed by atoms with van der Waals surface area (Å²) in [6.45, 7) is 4.89. The van der Waals surface area contributed by atoms with E-state index in [0.29, 0.717) is 30.9 Å². The van der Waals surface area contributed by atoms with Crippen molar-refractivity contribution in [2.45, 2.75) is 19.8 Å². The van der Waals surface area contributed by atoms with E-state index >= 15 is 0 Å². The zero-order valence-corrected chi connectivity index (χ0v) is 19.5. The number of methoxy groups -OCH3 is 1. The van der Waals surface area contributed by atoms with Crippen molar-refractivity contribution >= 4 is 22.8 Å². The first-order valence-electron chi connectivity index (χ1n) is 11.7. The number of aryl methyl sites for hydroxylation is 1. The molecule has 0 saturated carbocycles. The lowest BCUT2D eigenvalue weighted by Gasteiger charge is -2.24. The second-order valence-electron chi connectivity index (χ2n) is 8.31. The Morgan fingerprint density at radius 3 is 2.65 bits per heavy atom. The summed E-state index contributed by atoms with van der Waals surface area (Å²) in [5.74, 6) is 2.39. The molecule has 0 aliphatic carbocycles. The van der Waals surface area contributed by atoms with Crippen molar-refractivity contribution in [3.63, 3.8) is 0 Å². The third-order valence-electron chi connectivity index (χ3n) is 6.17. The molecule has 34 heavy (non-hydrogen) atoms. The monoisotopic (exact) mass is 456 g/mol. The van der Waals surface area contributed by atoms with E-state index in [4.69, 9.17) is 14.7 Å². The van der Waals surface area contributed by atoms with Crippen LogP contribution in [0.1, 0.15) is 29.5 Å². The fourth-order valence-corrected chi connectivity index (χ4v) is 4.37. The third kappa shape index (κ3) is 4.19. The molecule has 1 saturated heterocycles. The number of nitrogens with zero attached hydrogens (tertiary/aromatic N) is 6. The minimum Gasteiger partial charge on any atom is -0.497 e. The molecule has 1 aliphatic heterocycles. The first kappa shape index (κ1) is 21.9. The number of fused-ring (bicyclic) bond motifs is 1. The van der Waals surface area contributed by atoms with E-state index in [2.05, 4.69) is 16.9 Å². The lowest BCUT2D eigenvalue weighted by molar-refractivity contribution is 0.0766. The van der Waals surface area contributed by atoms with Crippen LogP contribution in [0.3, 0.4) is 0 Å². The maximum atomic E-state index is 13.1. The van der Waals surface area contributed by atoms with Crippen molar-refractivity contribution in [3.8, 4) is 11.4 Å². The highest BCUT2D eigenvalue weighted by atomic mass is 16.5. The molecule has 0 spiro atoms. The molecule has 174 valence electrons. The Morgan fingerprint density at radius 1 is 1.00 bits per heavy atom. The minimum absolute atomic E-state index is 0.0275. The molecule has 2 aromatic heterocycles. The molecule has 0 radical (unpaired) electrons. The van der Waals surface area contributed by atoms with Crippen molar-refractivity contribution in [3.05, 3.63) is 72.2 Å². The molecule has 8 heteroatoms. The Hall–Kier alpha value is -3.94. The lowest BCUT2D eigenvalue weighted by atomic mass is 10.2. The molecule has 0 atom stereocenters. The normalized spacial score (nSPS) is 14.3. The molecule has 0 N–H and O–H groups in total. The van der Waals surface area contributed by atoms with Gasteiger partial charge in [-0.15, -0.1) is 0 Å². The number of carbonyl (C=O) groups excluding carboxylic acids is 1. The largest absolute Gasteiger partial charge is 0.497 e. The Morgan fingerprint density at radius 2 is 1.85 bits per heavy atom. The maximum Gasteiger partial charge on any atom is 0.254 e. The van der Waals surface area contributed by atoms with Gasteiger partial charge in [-0.2, -0.15) is 5.10 Å². The van der Waals surface area contributed by atoms with Gasteiger partial charge in [0.05, 0.1) is 24.4 Å². The van der Waals surface area contributed by atoms with Crippen LogP contribution in [0.4, 0.5) is 5.82 Å². The van der Waals surface area contributed by atoms with E-state index in [1.807, 2.05) is 64.3 Å². The van der Waals surface area contributed by atoms with Gasteiger partial charge in [-0.05, 0) is 36.8 Å². The Bertz CT molecular complexity index is 1300. The van der Waals surface area contributed by atoms with E-state index < -0.39 is 0 Å². The molecule has 0 bridgehead atoms. The summed E-state index contributed by atoms with van der Waals surface area (Å²) in [7, 11) is 1.61. The van der Waals surface area contributed by atoms with Crippen LogP contribution in [-0.4, -0.2) is 63.8 Å². The molecule has 0 unspecified atom stereocenters. The van der Waals surface area contributed by atoms with Crippen LogP contribution in [0.25, 0.3) is 16.7 Å². The van der Waals surface area contributed by atoms with Gasteiger partial charge in [0.1, 0.15) is 17.4 Å². The molecule has 1 fully saturated rings. The van der Waals surface area contributed by atoms with Crippen LogP contribution in [0.5, 0.6) is 5.75 Å². The van der Waals surface area contributed by atoms with Crippen molar-refractivity contribution < 1.29 is 9.53 Å². The van der Waals surface area contributed by atoms with E-state index in [9.17, 15) is 4.79 Å². The van der Waals surface area contributed by atoms with Gasteiger partial charge in [0.25, 0.3) is 5.91 Å². The number of benzene rings is 2. The van der Waals surface area contributed by atoms with Crippen LogP contribution >= 0.6 is 0 Å². The van der Waals surface area contributed by atoms with Crippen molar-refractivity contribution in [1.82, 2.24) is 24.6 Å². The van der Waals surface area contributed by atoms with Gasteiger partial charge in [0, 0.05) is 38.2 Å². The van der Waals surface area contributed by atoms with E-state index in [1.54, 1.807) is 13.2 Å². The molecule has 5 rings (SSSR count). The number of amides is 1. The lowest BCUT2D eigenvalue weighted by Crippen LogP contribution is -2.35. The van der Waals surface area contributed by atoms with E-state index in [-0.39, 0.29) is 5.91 Å². The van der Waals surface area contributed by atoms with Crippen LogP contribution in [0.15, 0.2) is 60.8 Å². The predicted octanol–water partition coefficient (Wildman–Crippen LogP) is 3.74. The molecule has 2 aromatic carbocycles. The second kappa shape index (κ2) is 9.51. The number of hydrogen-bond donors (Lipinski definition) is 0. The average Bonchev–Trinajstić information content (AvgIpc) is 3.17. The van der Waals surface area contributed by atoms with Gasteiger partial charge in [0.15, 0.2) is 5.65 Å². The second-order valence-corrected chi connectivity index (χ2v) is 8.31. The van der Waals surface area contributed by atoms with Crippen molar-refractivity contribution in [2.24, 2.45) is 0 Å². The highest BCUT2D eigenvalue weighted by Gasteiger charge is 2.24. The third-order valence-corrected chi connectivity index (χ3v) is 6.17. The fraction of sp³-hybridized carbons (Fsp3) is 0.308. The van der Waals surface area contributed by atoms with Gasteiger partial charge in [-0.1, -0.05) is 31.2 Å². The highest BCUT2D eigenvalue weighted by molar-refractivity contribution is 5.94. The van der Waals surface area contributed by atoms with Gasteiger partial charge in [-0.3, -0.25) is 4.79 Å². The molecular formula is C26H28N6O2. The first-order chi connectivity index (χ1) is 16.7. The van der Waals surface area contributed by atoms with Gasteiger partial charge >= 0.3 is 0 Å². The quantitative estimate of drug-likeness (QED) is 0.455. The van der Waals surface area contributed by atoms with Crippen LogP contribution in [-0.2, 0) is 6.42 Å². The van der Waals surface area contributed by atoms with Crippen LogP contribution in [0.2, 0.25) is 0 Å². The molecule has 8 nitrogen and oxygen atoms in total. The Kier molecular flexibility index (Phi) is 6.12. The molecule has 4 aromatic rings. The zero-order chi connectivity index (χ0) is 23.5. The number of carbonyl (C=O) groups is 1. The smallest absolute Gasteiger partial charge is 0.254 e. The SMILES string of the molecule is CCc1nc(N2CCCN(C(=O)c3cccc(OC)c3)CC2)c2cnn(-c3ccccc3)c2n1. The van der Waals surface area contributed by atoms with E-state index in [0.717, 1.165) is 47.7 Å². The number of hydrogen-bond acceptors (Lipinski definition) is 6. The molecular weight excluding hydrogens is 428 g/mol. The summed E-state index contributed by atoms with van der Waals surface area (Å²) in [5.41, 5.74) is 2.42. The summed E-state index contributed by atoms with van der Waals surface area (Å²) >= 11 is 0. The predicted molar refractivity (Wildman–Crippen MR) is 132 cm³/mol. The summed E-state index contributed by atoms with van der Waals surface area (Å²) in [4.78, 5) is 27.0. The van der Waals surface area contributed by atoms with Crippen LogP contribution < -0.4 is 9.64 Å². The summed E-state index contributed by atoms with van der Waals surface area (Å²) in [6.07, 6.45) is 3.44. The van der Waals surface area contributed by atoms with E-state index in [1.165, 1.54) is 0 Å². The molecule has 3 heterocycles. The Labute approximate surface area is 198 Å². The summed E-state index contributed by atoms with van der Waals surface area (Å²) in [6, 6.07) is 17.4. The Balaban J connectivity index is 1.43. The van der Waals surface area contributed by atoms with Crippen molar-refractivity contribution in [1.29, 1.82) is 0 Å². The number of para-hydroxylation sites is 1. The zero-order valence-electron chi connectivity index (χ0n) is 19.5. The van der Waals surface area contributed by atoms with Gasteiger partial charge in [0.2, 0.25) is 0 Å². The van der Waals surface area contributed by atoms with Crippen molar-refractivity contribution in [2.75, 3.05) is 38.2 Å². The number of rotatable bonds is 5. The van der Waals surface area contributed by atoms with Gasteiger partial charge < -0.3 is 14.5 Å². The molecule has 1 amide bonds. The number of aromatic nitrogens is 4. The van der Waals surface area contributed by atoms with Gasteiger partial charge in [-0.25, -0.2) is 14.6 Å². The summed E-state index contributed by atoms with van der Waals surface area (Å²) in [5, 5.41) is 5.55. The minimum atomic E-state index is 0.0275. The standard InChI is InChI=1S/C26H28N6O2/c1-3-23-28-24(22-18-27-32(25(22)29-23)20-10-5-4-6-11-20)30-13-8-14-31(16-15-30)26(33)19-9-7-12-21(17-19)34-2/h4-7,9-12,17-18H,3,8,13-16H2,1-2H3. The summed E-state index contributed by atoms with van der Waals surface area (Å²) < 4.78 is 7.16. The number of ether oxygens (including phenoxy) is 1. The average molecular weight is 457 g/mol. The topological polar surface area (TPSA) is 76.4 Å².